The second-order valence-corrected chi connectivity index (χ2v) is 5.82. The van der Waals surface area contributed by atoms with Crippen LogP contribution in [0.2, 0.25) is 0 Å². The number of carbonyl (C=O) groups excluding carboxylic acids is 1. The monoisotopic (exact) mass is 380 g/mol. The summed E-state index contributed by atoms with van der Waals surface area (Å²) >= 11 is 0. The lowest BCUT2D eigenvalue weighted by atomic mass is 10.1. The maximum atomic E-state index is 12.4. The van der Waals surface area contributed by atoms with Gasteiger partial charge in [0.2, 0.25) is 0 Å². The maximum Gasteiger partial charge on any atom is 0.344 e. The van der Waals surface area contributed by atoms with Crippen molar-refractivity contribution in [3.05, 3.63) is 65.2 Å². The van der Waals surface area contributed by atoms with Gasteiger partial charge in [-0.05, 0) is 24.6 Å². The molecule has 2 rings (SSSR count). The molecule has 0 aromatic heterocycles. The van der Waals surface area contributed by atoms with Crippen molar-refractivity contribution in [2.75, 3.05) is 7.11 Å². The lowest BCUT2D eigenvalue weighted by Crippen LogP contribution is -2.24. The summed E-state index contributed by atoms with van der Waals surface area (Å²) in [6.45, 7) is 1.65. The van der Waals surface area contributed by atoms with E-state index in [1.54, 1.807) is 18.2 Å². The molecule has 7 heteroatoms. The Morgan fingerprint density at radius 3 is 2.54 bits per heavy atom. The van der Waals surface area contributed by atoms with Gasteiger partial charge in [-0.2, -0.15) is 5.26 Å². The highest BCUT2D eigenvalue weighted by Gasteiger charge is 2.19. The number of nitrogens with one attached hydrogen (secondary N) is 1. The molecule has 0 fully saturated rings. The minimum atomic E-state index is -1.15. The number of carboxylic acid groups (broad SMARTS) is 1. The second-order valence-electron chi connectivity index (χ2n) is 5.82. The van der Waals surface area contributed by atoms with E-state index in [0.29, 0.717) is 11.3 Å². The first-order valence-electron chi connectivity index (χ1n) is 8.46. The lowest BCUT2D eigenvalue weighted by Gasteiger charge is -2.16. The summed E-state index contributed by atoms with van der Waals surface area (Å²) < 4.78 is 10.7. The molecular weight excluding hydrogens is 360 g/mol. The molecule has 2 N–H and O–H groups in total. The highest BCUT2D eigenvalue weighted by atomic mass is 16.5. The molecule has 1 atom stereocenters. The van der Waals surface area contributed by atoms with Crippen LogP contribution in [0, 0.1) is 11.3 Å². The normalized spacial score (nSPS) is 11.8. The molecular formula is C21H20N2O5. The number of carbonyl (C=O) groups is 2. The van der Waals surface area contributed by atoms with E-state index < -0.39 is 18.0 Å². The summed E-state index contributed by atoms with van der Waals surface area (Å²) in [5.41, 5.74) is 1.12. The highest BCUT2D eigenvalue weighted by molar-refractivity contribution is 6.02. The van der Waals surface area contributed by atoms with Crippen LogP contribution in [0.4, 0.5) is 0 Å². The van der Waals surface area contributed by atoms with Gasteiger partial charge >= 0.3 is 5.97 Å². The third-order valence-corrected chi connectivity index (χ3v) is 3.83. The summed E-state index contributed by atoms with van der Waals surface area (Å²) in [5.74, 6) is -1.26. The van der Waals surface area contributed by atoms with E-state index in [2.05, 4.69) is 5.32 Å². The minimum absolute atomic E-state index is 0.142. The summed E-state index contributed by atoms with van der Waals surface area (Å²) in [4.78, 5) is 23.5. The number of hydrogen-bond donors (Lipinski definition) is 2. The zero-order valence-corrected chi connectivity index (χ0v) is 15.5. The van der Waals surface area contributed by atoms with Crippen LogP contribution in [0.25, 0.3) is 6.08 Å². The molecule has 144 valence electrons. The summed E-state index contributed by atoms with van der Waals surface area (Å²) in [5, 5.41) is 21.2. The molecule has 0 aliphatic carbocycles. The third-order valence-electron chi connectivity index (χ3n) is 3.83. The minimum Gasteiger partial charge on any atom is -0.493 e. The van der Waals surface area contributed by atoms with Crippen LogP contribution >= 0.6 is 0 Å². The number of ether oxygens (including phenoxy) is 2. The Labute approximate surface area is 162 Å². The average molecular weight is 380 g/mol. The van der Waals surface area contributed by atoms with Crippen molar-refractivity contribution in [3.63, 3.8) is 0 Å². The number of nitrogens with zero attached hydrogens (tertiary/aromatic N) is 1. The van der Waals surface area contributed by atoms with Crippen LogP contribution in [0.5, 0.6) is 11.5 Å². The van der Waals surface area contributed by atoms with E-state index in [1.807, 2.05) is 36.4 Å². The standard InChI is InChI=1S/C21H20N2O5/c1-14(21(25)26)28-19-16(9-6-10-18(19)27-2)11-17(12-22)20(24)23-13-15-7-4-3-5-8-15/h3-11,14H,13H2,1-2H3,(H,23,24)(H,25,26)/b17-11-/t14-/m0/s1. The topological polar surface area (TPSA) is 109 Å². The molecule has 2 aromatic rings. The third kappa shape index (κ3) is 5.35. The van der Waals surface area contributed by atoms with E-state index in [4.69, 9.17) is 14.6 Å². The van der Waals surface area contributed by atoms with Gasteiger partial charge in [0.1, 0.15) is 11.6 Å². The Hall–Kier alpha value is -3.79. The lowest BCUT2D eigenvalue weighted by molar-refractivity contribution is -0.144. The zero-order valence-electron chi connectivity index (χ0n) is 15.5. The van der Waals surface area contributed by atoms with Gasteiger partial charge in [0, 0.05) is 12.1 Å². The number of aliphatic carboxylic acids is 1. The molecule has 0 radical (unpaired) electrons. The number of hydrogen-bond acceptors (Lipinski definition) is 5. The second kappa shape index (κ2) is 9.78. The van der Waals surface area contributed by atoms with Gasteiger partial charge < -0.3 is 19.9 Å². The number of methoxy groups -OCH3 is 1. The van der Waals surface area contributed by atoms with Crippen molar-refractivity contribution in [2.45, 2.75) is 19.6 Å². The van der Waals surface area contributed by atoms with E-state index in [1.165, 1.54) is 20.1 Å². The van der Waals surface area contributed by atoms with Gasteiger partial charge in [0.05, 0.1) is 7.11 Å². The SMILES string of the molecule is COc1cccc(/C=C(/C#N)C(=O)NCc2ccccc2)c1O[C@@H](C)C(=O)O. The highest BCUT2D eigenvalue weighted by Crippen LogP contribution is 2.33. The van der Waals surface area contributed by atoms with E-state index in [9.17, 15) is 14.9 Å². The summed E-state index contributed by atoms with van der Waals surface area (Å²) in [6.07, 6.45) is 0.202. The summed E-state index contributed by atoms with van der Waals surface area (Å²) in [7, 11) is 1.42. The molecule has 0 aliphatic rings. The fourth-order valence-corrected chi connectivity index (χ4v) is 2.34. The quantitative estimate of drug-likeness (QED) is 0.538. The molecule has 0 saturated heterocycles. The van der Waals surface area contributed by atoms with Crippen LogP contribution in [-0.4, -0.2) is 30.2 Å². The Morgan fingerprint density at radius 2 is 1.93 bits per heavy atom. The van der Waals surface area contributed by atoms with Crippen molar-refractivity contribution in [3.8, 4) is 17.6 Å². The molecule has 28 heavy (non-hydrogen) atoms. The van der Waals surface area contributed by atoms with Crippen LogP contribution in [0.1, 0.15) is 18.1 Å². The van der Waals surface area contributed by atoms with Gasteiger partial charge in [-0.3, -0.25) is 4.79 Å². The van der Waals surface area contributed by atoms with Crippen molar-refractivity contribution in [1.29, 1.82) is 5.26 Å². The first-order valence-corrected chi connectivity index (χ1v) is 8.46. The van der Waals surface area contributed by atoms with E-state index >= 15 is 0 Å². The van der Waals surface area contributed by atoms with Gasteiger partial charge in [-0.1, -0.05) is 42.5 Å². The molecule has 0 bridgehead atoms. The van der Waals surface area contributed by atoms with Gasteiger partial charge in [0.15, 0.2) is 17.6 Å². The molecule has 0 aliphatic heterocycles. The van der Waals surface area contributed by atoms with Crippen LogP contribution in [0.3, 0.4) is 0 Å². The number of amides is 1. The van der Waals surface area contributed by atoms with Crippen molar-refractivity contribution >= 4 is 18.0 Å². The van der Waals surface area contributed by atoms with Crippen LogP contribution < -0.4 is 14.8 Å². The maximum absolute atomic E-state index is 12.4. The van der Waals surface area contributed by atoms with Gasteiger partial charge in [-0.15, -0.1) is 0 Å². The smallest absolute Gasteiger partial charge is 0.344 e. The van der Waals surface area contributed by atoms with Crippen molar-refractivity contribution in [2.24, 2.45) is 0 Å². The molecule has 1 amide bonds. The fraction of sp³-hybridized carbons (Fsp3) is 0.190. The Morgan fingerprint density at radius 1 is 1.21 bits per heavy atom. The zero-order chi connectivity index (χ0) is 20.5. The number of nitriles is 1. The molecule has 0 unspecified atom stereocenters. The molecule has 0 saturated carbocycles. The van der Waals surface area contributed by atoms with Crippen LogP contribution in [-0.2, 0) is 16.1 Å². The Balaban J connectivity index is 2.28. The number of carboxylic acids is 1. The number of benzene rings is 2. The summed E-state index contributed by atoms with van der Waals surface area (Å²) in [6, 6.07) is 16.0. The van der Waals surface area contributed by atoms with Gasteiger partial charge in [-0.25, -0.2) is 4.79 Å². The fourth-order valence-electron chi connectivity index (χ4n) is 2.34. The molecule has 0 heterocycles. The number of rotatable bonds is 8. The molecule has 7 nitrogen and oxygen atoms in total. The number of para-hydroxylation sites is 1. The van der Waals surface area contributed by atoms with Crippen LogP contribution in [0.15, 0.2) is 54.1 Å². The largest absolute Gasteiger partial charge is 0.493 e. The van der Waals surface area contributed by atoms with E-state index in [-0.39, 0.29) is 17.9 Å². The Bertz CT molecular complexity index is 916. The predicted molar refractivity (Wildman–Crippen MR) is 103 cm³/mol. The molecule has 2 aromatic carbocycles. The Kier molecular flexibility index (Phi) is 7.17. The predicted octanol–water partition coefficient (Wildman–Crippen LogP) is 2.77. The van der Waals surface area contributed by atoms with E-state index in [0.717, 1.165) is 5.56 Å². The van der Waals surface area contributed by atoms with Crippen molar-refractivity contribution < 1.29 is 24.2 Å². The first kappa shape index (κ1) is 20.5. The van der Waals surface area contributed by atoms with Crippen molar-refractivity contribution in [1.82, 2.24) is 5.32 Å². The average Bonchev–Trinajstić information content (AvgIpc) is 2.71. The first-order chi connectivity index (χ1) is 13.5. The van der Waals surface area contributed by atoms with Gasteiger partial charge in [0.25, 0.3) is 5.91 Å². The molecule has 0 spiro atoms.